The van der Waals surface area contributed by atoms with E-state index in [9.17, 15) is 26.4 Å². The van der Waals surface area contributed by atoms with E-state index in [0.29, 0.717) is 16.9 Å². The van der Waals surface area contributed by atoms with Crippen molar-refractivity contribution in [2.45, 2.75) is 24.4 Å². The third kappa shape index (κ3) is 4.71. The van der Waals surface area contributed by atoms with Gasteiger partial charge in [0, 0.05) is 12.6 Å². The first-order valence-electron chi connectivity index (χ1n) is 5.93. The molecule has 0 fully saturated rings. The maximum absolute atomic E-state index is 12.3. The summed E-state index contributed by atoms with van der Waals surface area (Å²) in [7, 11) is -3.07. The maximum atomic E-state index is 12.3. The van der Waals surface area contributed by atoms with Crippen molar-refractivity contribution < 1.29 is 26.4 Å². The summed E-state index contributed by atoms with van der Waals surface area (Å²) in [6.45, 7) is 0.271. The van der Waals surface area contributed by atoms with Crippen molar-refractivity contribution in [3.8, 4) is 0 Å². The average Bonchev–Trinajstić information content (AvgIpc) is 2.34. The molecule has 0 aliphatic heterocycles. The normalized spacial score (nSPS) is 12.3. The number of carbonyl (C=O) groups is 1. The highest BCUT2D eigenvalue weighted by Gasteiger charge is 2.31. The molecule has 21 heavy (non-hydrogen) atoms. The smallest absolute Gasteiger partial charge is 0.333 e. The van der Waals surface area contributed by atoms with Crippen LogP contribution in [0.25, 0.3) is 0 Å². The lowest BCUT2D eigenvalue weighted by atomic mass is 10.1. The lowest BCUT2D eigenvalue weighted by Gasteiger charge is -2.19. The van der Waals surface area contributed by atoms with E-state index in [1.807, 2.05) is 0 Å². The molecule has 0 spiro atoms. The second-order valence-corrected chi connectivity index (χ2v) is 6.03. The monoisotopic (exact) mass is 324 g/mol. The number of nitrogens with two attached hydrogens (primary N) is 1. The highest BCUT2D eigenvalue weighted by Crippen LogP contribution is 2.20. The van der Waals surface area contributed by atoms with Crippen molar-refractivity contribution in [2.75, 3.05) is 13.6 Å². The Bertz CT molecular complexity index is 642. The number of rotatable bonds is 4. The molecule has 1 rings (SSSR count). The van der Waals surface area contributed by atoms with Crippen LogP contribution < -0.4 is 5.14 Å². The molecular weight excluding hydrogens is 309 g/mol. The van der Waals surface area contributed by atoms with Gasteiger partial charge in [0.15, 0.2) is 0 Å². The summed E-state index contributed by atoms with van der Waals surface area (Å²) < 4.78 is 59.7. The summed E-state index contributed by atoms with van der Waals surface area (Å²) in [5.74, 6) is -0.931. The SMILES string of the molecule is CCc1ccc(C(=O)N(C)CC(F)(F)F)cc1S(N)(=O)=O. The molecule has 9 heteroatoms. The highest BCUT2D eigenvalue weighted by atomic mass is 32.2. The molecule has 0 saturated heterocycles. The summed E-state index contributed by atoms with van der Waals surface area (Å²) in [6, 6.07) is 3.65. The zero-order chi connectivity index (χ0) is 16.4. The standard InChI is InChI=1S/C12H15F3N2O3S/c1-3-8-4-5-9(6-10(8)21(16,19)20)11(18)17(2)7-12(13,14)15/h4-6H,3,7H2,1-2H3,(H2,16,19,20). The fourth-order valence-electron chi connectivity index (χ4n) is 1.81. The number of nitrogens with zero attached hydrogens (tertiary/aromatic N) is 1. The minimum Gasteiger partial charge on any atom is -0.333 e. The van der Waals surface area contributed by atoms with Crippen LogP contribution in [0.4, 0.5) is 13.2 Å². The Morgan fingerprint density at radius 1 is 1.33 bits per heavy atom. The van der Waals surface area contributed by atoms with E-state index >= 15 is 0 Å². The van der Waals surface area contributed by atoms with E-state index in [1.54, 1.807) is 6.92 Å². The van der Waals surface area contributed by atoms with Crippen molar-refractivity contribution >= 4 is 15.9 Å². The Morgan fingerprint density at radius 2 is 1.90 bits per heavy atom. The van der Waals surface area contributed by atoms with Crippen LogP contribution in [0.15, 0.2) is 23.1 Å². The number of amides is 1. The molecule has 1 aromatic rings. The number of alkyl halides is 3. The minimum absolute atomic E-state index is 0.164. The molecule has 1 aromatic carbocycles. The lowest BCUT2D eigenvalue weighted by Crippen LogP contribution is -2.36. The summed E-state index contributed by atoms with van der Waals surface area (Å²) in [4.78, 5) is 12.1. The number of carbonyl (C=O) groups excluding carboxylic acids is 1. The van der Waals surface area contributed by atoms with Gasteiger partial charge in [-0.2, -0.15) is 13.2 Å². The summed E-state index contributed by atoms with van der Waals surface area (Å²) in [6.07, 6.45) is -4.17. The predicted molar refractivity (Wildman–Crippen MR) is 70.2 cm³/mol. The van der Waals surface area contributed by atoms with Crippen LogP contribution in [-0.4, -0.2) is 39.0 Å². The number of halogens is 3. The van der Waals surface area contributed by atoms with E-state index in [-0.39, 0.29) is 10.5 Å². The van der Waals surface area contributed by atoms with Crippen LogP contribution in [0.1, 0.15) is 22.8 Å². The van der Waals surface area contributed by atoms with Gasteiger partial charge in [-0.25, -0.2) is 13.6 Å². The fraction of sp³-hybridized carbons (Fsp3) is 0.417. The molecule has 0 bridgehead atoms. The summed E-state index contributed by atoms with van der Waals surface area (Å²) in [5.41, 5.74) is 0.232. The third-order valence-electron chi connectivity index (χ3n) is 2.76. The quantitative estimate of drug-likeness (QED) is 0.912. The van der Waals surface area contributed by atoms with Gasteiger partial charge in [-0.15, -0.1) is 0 Å². The molecule has 2 N–H and O–H groups in total. The van der Waals surface area contributed by atoms with E-state index in [4.69, 9.17) is 5.14 Å². The first-order chi connectivity index (χ1) is 9.45. The summed E-state index contributed by atoms with van der Waals surface area (Å²) >= 11 is 0. The van der Waals surface area contributed by atoms with E-state index in [0.717, 1.165) is 13.1 Å². The third-order valence-corrected chi connectivity index (χ3v) is 3.76. The molecule has 0 unspecified atom stereocenters. The van der Waals surface area contributed by atoms with Crippen LogP contribution in [0.3, 0.4) is 0 Å². The van der Waals surface area contributed by atoms with Gasteiger partial charge in [0.25, 0.3) is 5.91 Å². The molecule has 118 valence electrons. The molecule has 0 radical (unpaired) electrons. The Kier molecular flexibility index (Phi) is 5.00. The number of sulfonamides is 1. The van der Waals surface area contributed by atoms with Crippen LogP contribution in [0.5, 0.6) is 0 Å². The number of aryl methyl sites for hydroxylation is 1. The molecule has 0 atom stereocenters. The molecule has 0 saturated carbocycles. The second-order valence-electron chi connectivity index (χ2n) is 4.50. The van der Waals surface area contributed by atoms with Crippen LogP contribution in [0.2, 0.25) is 0 Å². The van der Waals surface area contributed by atoms with Gasteiger partial charge in [0.2, 0.25) is 10.0 Å². The fourth-order valence-corrected chi connectivity index (χ4v) is 2.67. The van der Waals surface area contributed by atoms with E-state index in [1.165, 1.54) is 12.1 Å². The molecule has 0 aliphatic rings. The van der Waals surface area contributed by atoms with Gasteiger partial charge < -0.3 is 4.90 Å². The zero-order valence-electron chi connectivity index (χ0n) is 11.4. The zero-order valence-corrected chi connectivity index (χ0v) is 12.3. The van der Waals surface area contributed by atoms with Gasteiger partial charge in [0.05, 0.1) is 4.90 Å². The molecule has 0 aliphatic carbocycles. The Balaban J connectivity index is 3.18. The Morgan fingerprint density at radius 3 is 2.33 bits per heavy atom. The average molecular weight is 324 g/mol. The number of hydrogen-bond donors (Lipinski definition) is 1. The Labute approximate surface area is 120 Å². The topological polar surface area (TPSA) is 80.5 Å². The van der Waals surface area contributed by atoms with Crippen molar-refractivity contribution in [1.82, 2.24) is 4.90 Å². The minimum atomic E-state index is -4.53. The molecule has 0 heterocycles. The molecule has 0 aromatic heterocycles. The van der Waals surface area contributed by atoms with Crippen LogP contribution in [-0.2, 0) is 16.4 Å². The van der Waals surface area contributed by atoms with Gasteiger partial charge in [0.1, 0.15) is 6.54 Å². The molecule has 1 amide bonds. The first kappa shape index (κ1) is 17.4. The Hall–Kier alpha value is -1.61. The van der Waals surface area contributed by atoms with E-state index < -0.39 is 28.7 Å². The second kappa shape index (κ2) is 6.02. The highest BCUT2D eigenvalue weighted by molar-refractivity contribution is 7.89. The van der Waals surface area contributed by atoms with Gasteiger partial charge in [-0.1, -0.05) is 13.0 Å². The number of hydrogen-bond acceptors (Lipinski definition) is 3. The van der Waals surface area contributed by atoms with Crippen molar-refractivity contribution in [1.29, 1.82) is 0 Å². The molecular formula is C12H15F3N2O3S. The van der Waals surface area contributed by atoms with Gasteiger partial charge in [-0.3, -0.25) is 4.79 Å². The molecule has 5 nitrogen and oxygen atoms in total. The van der Waals surface area contributed by atoms with Gasteiger partial charge >= 0.3 is 6.18 Å². The van der Waals surface area contributed by atoms with Gasteiger partial charge in [-0.05, 0) is 24.1 Å². The van der Waals surface area contributed by atoms with Crippen LogP contribution in [0, 0.1) is 0 Å². The van der Waals surface area contributed by atoms with Crippen LogP contribution >= 0.6 is 0 Å². The first-order valence-corrected chi connectivity index (χ1v) is 7.48. The lowest BCUT2D eigenvalue weighted by molar-refractivity contribution is -0.138. The maximum Gasteiger partial charge on any atom is 0.406 e. The predicted octanol–water partition coefficient (Wildman–Crippen LogP) is 1.53. The van der Waals surface area contributed by atoms with Crippen molar-refractivity contribution in [3.05, 3.63) is 29.3 Å². The number of primary sulfonamides is 1. The van der Waals surface area contributed by atoms with E-state index in [2.05, 4.69) is 0 Å². The largest absolute Gasteiger partial charge is 0.406 e. The van der Waals surface area contributed by atoms with Crippen molar-refractivity contribution in [2.24, 2.45) is 5.14 Å². The summed E-state index contributed by atoms with van der Waals surface area (Å²) in [5, 5.41) is 5.05. The number of benzene rings is 1. The van der Waals surface area contributed by atoms with Crippen molar-refractivity contribution in [3.63, 3.8) is 0 Å².